The number of hydrogen-bond acceptors (Lipinski definition) is 3. The second-order valence-corrected chi connectivity index (χ2v) is 5.33. The topological polar surface area (TPSA) is 55.1 Å². The minimum Gasteiger partial charge on any atom is -0.361 e. The van der Waals surface area contributed by atoms with E-state index in [1.807, 2.05) is 13.8 Å². The zero-order valence-electron chi connectivity index (χ0n) is 11.8. The number of aryl methyl sites for hydroxylation is 2. The van der Waals surface area contributed by atoms with Crippen molar-refractivity contribution in [3.05, 3.63) is 41.3 Å². The van der Waals surface area contributed by atoms with E-state index in [-0.39, 0.29) is 11.9 Å². The highest BCUT2D eigenvalue weighted by Gasteiger charge is 2.20. The minimum absolute atomic E-state index is 0.148. The van der Waals surface area contributed by atoms with Crippen LogP contribution in [0.5, 0.6) is 0 Å². The maximum atomic E-state index is 11.5. The number of benzene rings is 1. The van der Waals surface area contributed by atoms with Crippen LogP contribution in [-0.2, 0) is 4.79 Å². The summed E-state index contributed by atoms with van der Waals surface area (Å²) in [5, 5.41) is 7.02. The molecule has 2 heterocycles. The lowest BCUT2D eigenvalue weighted by Gasteiger charge is -2.23. The Kier molecular flexibility index (Phi) is 3.30. The van der Waals surface area contributed by atoms with Gasteiger partial charge in [0.2, 0.25) is 5.91 Å². The average Bonchev–Trinajstić information content (AvgIpc) is 2.78. The van der Waals surface area contributed by atoms with Gasteiger partial charge in [-0.15, -0.1) is 0 Å². The Morgan fingerprint density at radius 3 is 2.60 bits per heavy atom. The summed E-state index contributed by atoms with van der Waals surface area (Å²) in [4.78, 5) is 11.5. The molecule has 0 radical (unpaired) electrons. The predicted octanol–water partition coefficient (Wildman–Crippen LogP) is 3.30. The maximum Gasteiger partial charge on any atom is 0.220 e. The van der Waals surface area contributed by atoms with E-state index in [2.05, 4.69) is 34.7 Å². The third kappa shape index (κ3) is 2.33. The molecule has 1 aromatic carbocycles. The SMILES string of the molecule is Cc1noc(C)c1-c1ccc(C2CCCC(=O)N2)cc1. The number of nitrogens with zero attached hydrogens (tertiary/aromatic N) is 1. The van der Waals surface area contributed by atoms with Crippen LogP contribution in [0.1, 0.15) is 42.3 Å². The number of nitrogens with one attached hydrogen (secondary N) is 1. The first-order chi connectivity index (χ1) is 9.65. The highest BCUT2D eigenvalue weighted by Crippen LogP contribution is 2.29. The molecule has 1 N–H and O–H groups in total. The summed E-state index contributed by atoms with van der Waals surface area (Å²) in [6.45, 7) is 3.87. The highest BCUT2D eigenvalue weighted by atomic mass is 16.5. The Balaban J connectivity index is 1.86. The molecule has 1 aromatic heterocycles. The molecule has 1 aliphatic rings. The normalized spacial score (nSPS) is 18.9. The van der Waals surface area contributed by atoms with Crippen LogP contribution in [0.4, 0.5) is 0 Å². The molecule has 1 unspecified atom stereocenters. The first-order valence-corrected chi connectivity index (χ1v) is 6.97. The minimum atomic E-state index is 0.148. The Hall–Kier alpha value is -2.10. The van der Waals surface area contributed by atoms with Gasteiger partial charge in [-0.05, 0) is 37.8 Å². The van der Waals surface area contributed by atoms with Crippen molar-refractivity contribution in [2.75, 3.05) is 0 Å². The zero-order chi connectivity index (χ0) is 14.1. The van der Waals surface area contributed by atoms with Gasteiger partial charge in [0.1, 0.15) is 5.76 Å². The van der Waals surface area contributed by atoms with Gasteiger partial charge in [0.05, 0.1) is 11.7 Å². The van der Waals surface area contributed by atoms with E-state index in [1.54, 1.807) is 0 Å². The van der Waals surface area contributed by atoms with E-state index >= 15 is 0 Å². The van der Waals surface area contributed by atoms with Crippen molar-refractivity contribution in [1.82, 2.24) is 10.5 Å². The van der Waals surface area contributed by atoms with Gasteiger partial charge in [-0.1, -0.05) is 29.4 Å². The van der Waals surface area contributed by atoms with Crippen molar-refractivity contribution in [1.29, 1.82) is 0 Å². The standard InChI is InChI=1S/C16H18N2O2/c1-10-16(11(2)20-18-10)13-8-6-12(7-9-13)14-4-3-5-15(19)17-14/h6-9,14H,3-5H2,1-2H3,(H,17,19). The van der Waals surface area contributed by atoms with Gasteiger partial charge >= 0.3 is 0 Å². The van der Waals surface area contributed by atoms with E-state index in [9.17, 15) is 4.79 Å². The average molecular weight is 270 g/mol. The molecule has 1 amide bonds. The Morgan fingerprint density at radius 2 is 2.00 bits per heavy atom. The number of amides is 1. The number of carbonyl (C=O) groups excluding carboxylic acids is 1. The lowest BCUT2D eigenvalue weighted by atomic mass is 9.95. The fourth-order valence-corrected chi connectivity index (χ4v) is 2.83. The van der Waals surface area contributed by atoms with Crippen LogP contribution in [0.15, 0.2) is 28.8 Å². The molecule has 4 nitrogen and oxygen atoms in total. The molecule has 0 aliphatic carbocycles. The fraction of sp³-hybridized carbons (Fsp3) is 0.375. The third-order valence-electron chi connectivity index (χ3n) is 3.87. The van der Waals surface area contributed by atoms with Gasteiger partial charge < -0.3 is 9.84 Å². The van der Waals surface area contributed by atoms with E-state index in [4.69, 9.17) is 4.52 Å². The van der Waals surface area contributed by atoms with E-state index < -0.39 is 0 Å². The van der Waals surface area contributed by atoms with Crippen LogP contribution in [0.2, 0.25) is 0 Å². The molecule has 1 aliphatic heterocycles. The van der Waals surface area contributed by atoms with Gasteiger partial charge in [-0.3, -0.25) is 4.79 Å². The molecule has 2 aromatic rings. The molecular formula is C16H18N2O2. The summed E-state index contributed by atoms with van der Waals surface area (Å²) in [7, 11) is 0. The summed E-state index contributed by atoms with van der Waals surface area (Å²) in [6, 6.07) is 8.45. The van der Waals surface area contributed by atoms with Crippen molar-refractivity contribution in [2.45, 2.75) is 39.2 Å². The first kappa shape index (κ1) is 12.9. The summed E-state index contributed by atoms with van der Waals surface area (Å²) in [6.07, 6.45) is 2.62. The number of piperidine rings is 1. The van der Waals surface area contributed by atoms with Crippen molar-refractivity contribution < 1.29 is 9.32 Å². The monoisotopic (exact) mass is 270 g/mol. The van der Waals surface area contributed by atoms with Gasteiger partial charge in [-0.25, -0.2) is 0 Å². The smallest absolute Gasteiger partial charge is 0.220 e. The quantitative estimate of drug-likeness (QED) is 0.911. The Bertz CT molecular complexity index is 609. The number of rotatable bonds is 2. The predicted molar refractivity (Wildman–Crippen MR) is 76.1 cm³/mol. The molecular weight excluding hydrogens is 252 g/mol. The molecule has 0 saturated carbocycles. The second kappa shape index (κ2) is 5.12. The van der Waals surface area contributed by atoms with Crippen LogP contribution < -0.4 is 5.32 Å². The van der Waals surface area contributed by atoms with Crippen LogP contribution in [0.25, 0.3) is 11.1 Å². The van der Waals surface area contributed by atoms with E-state index in [0.717, 1.165) is 41.0 Å². The molecule has 1 fully saturated rings. The van der Waals surface area contributed by atoms with Gasteiger partial charge in [0.25, 0.3) is 0 Å². The molecule has 1 atom stereocenters. The van der Waals surface area contributed by atoms with Gasteiger partial charge in [-0.2, -0.15) is 0 Å². The second-order valence-electron chi connectivity index (χ2n) is 5.33. The Labute approximate surface area is 118 Å². The molecule has 4 heteroatoms. The van der Waals surface area contributed by atoms with Crippen molar-refractivity contribution >= 4 is 5.91 Å². The molecule has 0 spiro atoms. The van der Waals surface area contributed by atoms with Crippen LogP contribution in [-0.4, -0.2) is 11.1 Å². The highest BCUT2D eigenvalue weighted by molar-refractivity contribution is 5.77. The summed E-state index contributed by atoms with van der Waals surface area (Å²) in [5.41, 5.74) is 4.23. The molecule has 3 rings (SSSR count). The third-order valence-corrected chi connectivity index (χ3v) is 3.87. The van der Waals surface area contributed by atoms with Crippen molar-refractivity contribution in [3.8, 4) is 11.1 Å². The maximum absolute atomic E-state index is 11.5. The van der Waals surface area contributed by atoms with Gasteiger partial charge in [0, 0.05) is 12.0 Å². The number of hydrogen-bond donors (Lipinski definition) is 1. The molecule has 0 bridgehead atoms. The Morgan fingerprint density at radius 1 is 1.25 bits per heavy atom. The van der Waals surface area contributed by atoms with Crippen LogP contribution >= 0.6 is 0 Å². The summed E-state index contributed by atoms with van der Waals surface area (Å²) < 4.78 is 5.20. The lowest BCUT2D eigenvalue weighted by Crippen LogP contribution is -2.32. The number of aromatic nitrogens is 1. The summed E-state index contributed by atoms with van der Waals surface area (Å²) in [5.74, 6) is 0.984. The fourth-order valence-electron chi connectivity index (χ4n) is 2.83. The zero-order valence-corrected chi connectivity index (χ0v) is 11.8. The summed E-state index contributed by atoms with van der Waals surface area (Å²) >= 11 is 0. The van der Waals surface area contributed by atoms with Crippen LogP contribution in [0, 0.1) is 13.8 Å². The van der Waals surface area contributed by atoms with E-state index in [1.165, 1.54) is 0 Å². The van der Waals surface area contributed by atoms with Gasteiger partial charge in [0.15, 0.2) is 0 Å². The molecule has 104 valence electrons. The number of carbonyl (C=O) groups is 1. The molecule has 1 saturated heterocycles. The lowest BCUT2D eigenvalue weighted by molar-refractivity contribution is -0.123. The molecule has 20 heavy (non-hydrogen) atoms. The van der Waals surface area contributed by atoms with Crippen LogP contribution in [0.3, 0.4) is 0 Å². The van der Waals surface area contributed by atoms with Crippen molar-refractivity contribution in [2.24, 2.45) is 0 Å². The first-order valence-electron chi connectivity index (χ1n) is 6.97. The van der Waals surface area contributed by atoms with E-state index in [0.29, 0.717) is 6.42 Å². The van der Waals surface area contributed by atoms with Crippen molar-refractivity contribution in [3.63, 3.8) is 0 Å². The largest absolute Gasteiger partial charge is 0.361 e.